The third-order valence-electron chi connectivity index (χ3n) is 3.52. The molecular formula is C18H14ClNO3S2. The van der Waals surface area contributed by atoms with Crippen molar-refractivity contribution in [1.82, 2.24) is 5.32 Å². The summed E-state index contributed by atoms with van der Waals surface area (Å²) in [5.74, 6) is -0.690. The van der Waals surface area contributed by atoms with Gasteiger partial charge in [-0.3, -0.25) is 4.79 Å². The Hall–Kier alpha value is -2.15. The fourth-order valence-electron chi connectivity index (χ4n) is 2.30. The zero-order chi connectivity index (χ0) is 17.8. The number of amides is 1. The van der Waals surface area contributed by atoms with E-state index in [1.54, 1.807) is 35.6 Å². The van der Waals surface area contributed by atoms with E-state index in [2.05, 4.69) is 10.1 Å². The molecule has 1 N–H and O–H groups in total. The molecule has 2 aromatic heterocycles. The molecule has 2 heterocycles. The van der Waals surface area contributed by atoms with Crippen LogP contribution < -0.4 is 5.32 Å². The van der Waals surface area contributed by atoms with E-state index in [0.29, 0.717) is 14.8 Å². The standard InChI is InChI=1S/C18H14ClNO3S2/c1-23-18(22)15-9-8-14(25-15)17(21)20-16(13-3-2-10-24-13)11-4-6-12(19)7-5-11/h2-10,16H,1H3,(H,20,21). The molecule has 3 aromatic rings. The normalized spacial score (nSPS) is 11.8. The first-order chi connectivity index (χ1) is 12.1. The molecule has 1 amide bonds. The molecule has 3 rings (SSSR count). The minimum absolute atomic E-state index is 0.242. The van der Waals surface area contributed by atoms with Crippen LogP contribution in [-0.2, 0) is 4.74 Å². The minimum atomic E-state index is -0.448. The Balaban J connectivity index is 1.85. The minimum Gasteiger partial charge on any atom is -0.465 e. The maximum atomic E-state index is 12.6. The highest BCUT2D eigenvalue weighted by molar-refractivity contribution is 7.15. The largest absolute Gasteiger partial charge is 0.465 e. The molecular weight excluding hydrogens is 378 g/mol. The van der Waals surface area contributed by atoms with Gasteiger partial charge in [-0.2, -0.15) is 0 Å². The van der Waals surface area contributed by atoms with Gasteiger partial charge in [0.2, 0.25) is 0 Å². The second-order valence-corrected chi connectivity index (χ2v) is 7.63. The number of hydrogen-bond donors (Lipinski definition) is 1. The number of esters is 1. The molecule has 0 aliphatic heterocycles. The predicted octanol–water partition coefficient (Wildman–Crippen LogP) is 4.77. The number of halogens is 1. The van der Waals surface area contributed by atoms with E-state index in [0.717, 1.165) is 21.8 Å². The highest BCUT2D eigenvalue weighted by Crippen LogP contribution is 2.28. The quantitative estimate of drug-likeness (QED) is 0.637. The highest BCUT2D eigenvalue weighted by Gasteiger charge is 2.21. The molecule has 0 saturated carbocycles. The number of hydrogen-bond acceptors (Lipinski definition) is 5. The number of carbonyl (C=O) groups is 2. The van der Waals surface area contributed by atoms with E-state index in [1.807, 2.05) is 29.6 Å². The molecule has 0 aliphatic carbocycles. The van der Waals surface area contributed by atoms with Gasteiger partial charge in [0.15, 0.2) is 0 Å². The highest BCUT2D eigenvalue weighted by atomic mass is 35.5. The lowest BCUT2D eigenvalue weighted by Gasteiger charge is -2.17. The Bertz CT molecular complexity index is 872. The first-order valence-corrected chi connectivity index (χ1v) is 9.44. The smallest absolute Gasteiger partial charge is 0.348 e. The van der Waals surface area contributed by atoms with Crippen LogP contribution in [0.3, 0.4) is 0 Å². The summed E-state index contributed by atoms with van der Waals surface area (Å²) in [7, 11) is 1.31. The first-order valence-electron chi connectivity index (χ1n) is 7.36. The van der Waals surface area contributed by atoms with E-state index in [1.165, 1.54) is 7.11 Å². The van der Waals surface area contributed by atoms with Gasteiger partial charge in [0, 0.05) is 9.90 Å². The van der Waals surface area contributed by atoms with Crippen LogP contribution in [0.5, 0.6) is 0 Å². The molecule has 4 nitrogen and oxygen atoms in total. The van der Waals surface area contributed by atoms with Gasteiger partial charge in [-0.1, -0.05) is 29.8 Å². The second kappa shape index (κ2) is 7.82. The maximum absolute atomic E-state index is 12.6. The molecule has 0 fully saturated rings. The van der Waals surface area contributed by atoms with Crippen LogP contribution in [0.25, 0.3) is 0 Å². The molecule has 25 heavy (non-hydrogen) atoms. The summed E-state index contributed by atoms with van der Waals surface area (Å²) in [6, 6.07) is 14.2. The number of ether oxygens (including phenoxy) is 1. The van der Waals surface area contributed by atoms with E-state index >= 15 is 0 Å². The average molecular weight is 392 g/mol. The average Bonchev–Trinajstić information content (AvgIpc) is 3.31. The number of carbonyl (C=O) groups excluding carboxylic acids is 2. The molecule has 1 aromatic carbocycles. The SMILES string of the molecule is COC(=O)c1ccc(C(=O)NC(c2ccc(Cl)cc2)c2cccs2)s1. The van der Waals surface area contributed by atoms with Crippen LogP contribution in [0, 0.1) is 0 Å². The fraction of sp³-hybridized carbons (Fsp3) is 0.111. The van der Waals surface area contributed by atoms with Crippen molar-refractivity contribution in [2.45, 2.75) is 6.04 Å². The molecule has 0 bridgehead atoms. The Morgan fingerprint density at radius 1 is 1.08 bits per heavy atom. The summed E-state index contributed by atoms with van der Waals surface area (Å²) in [6.07, 6.45) is 0. The van der Waals surface area contributed by atoms with E-state index in [-0.39, 0.29) is 11.9 Å². The van der Waals surface area contributed by atoms with E-state index in [9.17, 15) is 9.59 Å². The predicted molar refractivity (Wildman–Crippen MR) is 101 cm³/mol. The second-order valence-electron chi connectivity index (χ2n) is 5.13. The lowest BCUT2D eigenvalue weighted by Crippen LogP contribution is -2.28. The van der Waals surface area contributed by atoms with Crippen LogP contribution in [0.15, 0.2) is 53.9 Å². The van der Waals surface area contributed by atoms with Crippen LogP contribution >= 0.6 is 34.3 Å². The van der Waals surface area contributed by atoms with Crippen molar-refractivity contribution in [2.75, 3.05) is 7.11 Å². The van der Waals surface area contributed by atoms with Crippen molar-refractivity contribution >= 4 is 46.2 Å². The molecule has 0 aliphatic rings. The number of rotatable bonds is 5. The van der Waals surface area contributed by atoms with Gasteiger partial charge in [-0.25, -0.2) is 4.79 Å². The maximum Gasteiger partial charge on any atom is 0.348 e. The van der Waals surface area contributed by atoms with Crippen LogP contribution in [-0.4, -0.2) is 19.0 Å². The summed E-state index contributed by atoms with van der Waals surface area (Å²) >= 11 is 8.63. The Morgan fingerprint density at radius 3 is 2.44 bits per heavy atom. The molecule has 0 spiro atoms. The summed E-state index contributed by atoms with van der Waals surface area (Å²) in [6.45, 7) is 0. The lowest BCUT2D eigenvalue weighted by molar-refractivity contribution is 0.0606. The Kier molecular flexibility index (Phi) is 5.53. The van der Waals surface area contributed by atoms with E-state index in [4.69, 9.17) is 11.6 Å². The van der Waals surface area contributed by atoms with Crippen molar-refractivity contribution < 1.29 is 14.3 Å². The monoisotopic (exact) mass is 391 g/mol. The molecule has 1 unspecified atom stereocenters. The van der Waals surface area contributed by atoms with Gasteiger partial charge >= 0.3 is 5.97 Å². The van der Waals surface area contributed by atoms with Crippen molar-refractivity contribution in [1.29, 1.82) is 0 Å². The third kappa shape index (κ3) is 4.10. The summed E-state index contributed by atoms with van der Waals surface area (Å²) in [4.78, 5) is 26.1. The van der Waals surface area contributed by atoms with Gasteiger partial charge in [-0.15, -0.1) is 22.7 Å². The topological polar surface area (TPSA) is 55.4 Å². The molecule has 128 valence electrons. The zero-order valence-electron chi connectivity index (χ0n) is 13.2. The Labute approximate surface area is 158 Å². The molecule has 0 saturated heterocycles. The first kappa shape index (κ1) is 17.7. The summed E-state index contributed by atoms with van der Waals surface area (Å²) in [5, 5.41) is 5.63. The number of nitrogens with one attached hydrogen (secondary N) is 1. The van der Waals surface area contributed by atoms with Crippen LogP contribution in [0.4, 0.5) is 0 Å². The summed E-state index contributed by atoms with van der Waals surface area (Å²) in [5.41, 5.74) is 0.935. The van der Waals surface area contributed by atoms with Crippen molar-refractivity contribution in [3.05, 3.63) is 79.1 Å². The number of thiophene rings is 2. The molecule has 0 radical (unpaired) electrons. The van der Waals surface area contributed by atoms with Gasteiger partial charge in [-0.05, 0) is 41.3 Å². The lowest BCUT2D eigenvalue weighted by atomic mass is 10.1. The molecule has 7 heteroatoms. The van der Waals surface area contributed by atoms with Gasteiger partial charge < -0.3 is 10.1 Å². The van der Waals surface area contributed by atoms with Crippen molar-refractivity contribution in [3.63, 3.8) is 0 Å². The van der Waals surface area contributed by atoms with Crippen molar-refractivity contribution in [2.24, 2.45) is 0 Å². The molecule has 1 atom stereocenters. The van der Waals surface area contributed by atoms with E-state index < -0.39 is 5.97 Å². The van der Waals surface area contributed by atoms with Crippen LogP contribution in [0.1, 0.15) is 35.8 Å². The Morgan fingerprint density at radius 2 is 1.80 bits per heavy atom. The number of benzene rings is 1. The van der Waals surface area contributed by atoms with Gasteiger partial charge in [0.05, 0.1) is 18.0 Å². The van der Waals surface area contributed by atoms with Crippen LogP contribution in [0.2, 0.25) is 5.02 Å². The zero-order valence-corrected chi connectivity index (χ0v) is 15.6. The van der Waals surface area contributed by atoms with Gasteiger partial charge in [0.25, 0.3) is 5.91 Å². The summed E-state index contributed by atoms with van der Waals surface area (Å²) < 4.78 is 4.68. The van der Waals surface area contributed by atoms with Crippen molar-refractivity contribution in [3.8, 4) is 0 Å². The number of methoxy groups -OCH3 is 1. The fourth-order valence-corrected chi connectivity index (χ4v) is 4.06. The van der Waals surface area contributed by atoms with Gasteiger partial charge in [0.1, 0.15) is 4.88 Å². The third-order valence-corrected chi connectivity index (χ3v) is 5.78.